The van der Waals surface area contributed by atoms with Crippen LogP contribution in [-0.2, 0) is 6.54 Å². The Bertz CT molecular complexity index is 376. The maximum atomic E-state index is 9.69. The zero-order chi connectivity index (χ0) is 11.5. The number of halogens is 2. The van der Waals surface area contributed by atoms with Crippen molar-refractivity contribution in [2.75, 3.05) is 20.1 Å². The van der Waals surface area contributed by atoms with Gasteiger partial charge in [-0.2, -0.15) is 0 Å². The number of nitrogens with zero attached hydrogens (tertiary/aromatic N) is 1. The predicted octanol–water partition coefficient (Wildman–Crippen LogP) is 2.37. The minimum Gasteiger partial charge on any atom is -0.508 e. The molecule has 1 heterocycles. The van der Waals surface area contributed by atoms with E-state index in [-0.39, 0.29) is 12.4 Å². The number of aromatic hydroxyl groups is 1. The van der Waals surface area contributed by atoms with Gasteiger partial charge in [-0.25, -0.2) is 0 Å². The summed E-state index contributed by atoms with van der Waals surface area (Å²) in [6.45, 7) is 2.97. The van der Waals surface area contributed by atoms with Crippen molar-refractivity contribution in [2.45, 2.75) is 19.0 Å². The molecule has 1 fully saturated rings. The van der Waals surface area contributed by atoms with E-state index in [1.54, 1.807) is 6.07 Å². The number of likely N-dealkylation sites (tertiary alicyclic amines) is 1. The molecular weight excluding hydrogens is 304 g/mol. The summed E-state index contributed by atoms with van der Waals surface area (Å²) in [5.74, 6) is 0.363. The van der Waals surface area contributed by atoms with E-state index in [9.17, 15) is 5.11 Å². The van der Waals surface area contributed by atoms with E-state index in [1.165, 1.54) is 6.42 Å². The monoisotopic (exact) mass is 320 g/mol. The molecule has 0 aromatic heterocycles. The van der Waals surface area contributed by atoms with Crippen LogP contribution < -0.4 is 5.32 Å². The lowest BCUT2D eigenvalue weighted by Gasteiger charge is -2.13. The second-order valence-electron chi connectivity index (χ2n) is 4.40. The third kappa shape index (κ3) is 4.14. The number of likely N-dealkylation sites (N-methyl/N-ethyl adjacent to an activating group) is 1. The molecule has 17 heavy (non-hydrogen) atoms. The van der Waals surface area contributed by atoms with Crippen LogP contribution in [0.25, 0.3) is 0 Å². The van der Waals surface area contributed by atoms with E-state index in [0.717, 1.165) is 29.7 Å². The van der Waals surface area contributed by atoms with Crippen LogP contribution in [0.2, 0.25) is 0 Å². The second-order valence-corrected chi connectivity index (χ2v) is 5.32. The molecular formula is C12H18BrClN2O. The molecule has 3 nitrogen and oxygen atoms in total. The number of hydrogen-bond acceptors (Lipinski definition) is 3. The molecule has 1 aliphatic heterocycles. The Hall–Kier alpha value is -0.290. The number of phenols is 1. The Morgan fingerprint density at radius 1 is 1.53 bits per heavy atom. The molecule has 0 amide bonds. The molecule has 0 spiro atoms. The summed E-state index contributed by atoms with van der Waals surface area (Å²) in [7, 11) is 2.14. The molecule has 0 saturated carbocycles. The van der Waals surface area contributed by atoms with Crippen molar-refractivity contribution in [3.63, 3.8) is 0 Å². The molecule has 2 N–H and O–H groups in total. The minimum atomic E-state index is 0. The summed E-state index contributed by atoms with van der Waals surface area (Å²) in [6, 6.07) is 6.08. The Morgan fingerprint density at radius 3 is 2.94 bits per heavy atom. The van der Waals surface area contributed by atoms with Crippen LogP contribution >= 0.6 is 28.3 Å². The van der Waals surface area contributed by atoms with E-state index < -0.39 is 0 Å². The highest BCUT2D eigenvalue weighted by Crippen LogP contribution is 2.22. The average molecular weight is 322 g/mol. The highest BCUT2D eigenvalue weighted by molar-refractivity contribution is 9.10. The maximum Gasteiger partial charge on any atom is 0.120 e. The van der Waals surface area contributed by atoms with Crippen LogP contribution in [0.5, 0.6) is 5.75 Å². The number of rotatable bonds is 3. The summed E-state index contributed by atoms with van der Waals surface area (Å²) in [5, 5.41) is 13.2. The van der Waals surface area contributed by atoms with Gasteiger partial charge in [-0.05, 0) is 38.2 Å². The van der Waals surface area contributed by atoms with Crippen molar-refractivity contribution in [3.8, 4) is 5.75 Å². The van der Waals surface area contributed by atoms with Crippen molar-refractivity contribution in [1.82, 2.24) is 10.2 Å². The lowest BCUT2D eigenvalue weighted by Crippen LogP contribution is -2.30. The number of benzene rings is 1. The first-order chi connectivity index (χ1) is 7.65. The number of nitrogens with one attached hydrogen (secondary N) is 1. The lowest BCUT2D eigenvalue weighted by molar-refractivity contribution is 0.396. The van der Waals surface area contributed by atoms with Gasteiger partial charge in [0.2, 0.25) is 0 Å². The number of hydrogen-bond donors (Lipinski definition) is 2. The third-order valence-corrected chi connectivity index (χ3v) is 3.51. The quantitative estimate of drug-likeness (QED) is 0.897. The molecule has 1 saturated heterocycles. The van der Waals surface area contributed by atoms with Crippen LogP contribution in [-0.4, -0.2) is 36.2 Å². The first kappa shape index (κ1) is 14.8. The smallest absolute Gasteiger partial charge is 0.120 e. The molecule has 1 aromatic carbocycles. The standard InChI is InChI=1S/C12H17BrN2O.ClH/c1-15-5-4-11(8-15)14-7-9-6-10(13)2-3-12(9)16;/h2-3,6,11,14,16H,4-5,7-8H2,1H3;1H. The topological polar surface area (TPSA) is 35.5 Å². The van der Waals surface area contributed by atoms with Crippen molar-refractivity contribution in [3.05, 3.63) is 28.2 Å². The molecule has 1 aromatic rings. The Balaban J connectivity index is 0.00000144. The van der Waals surface area contributed by atoms with E-state index in [1.807, 2.05) is 12.1 Å². The highest BCUT2D eigenvalue weighted by atomic mass is 79.9. The van der Waals surface area contributed by atoms with Gasteiger partial charge < -0.3 is 15.3 Å². The Labute approximate surface area is 117 Å². The minimum absolute atomic E-state index is 0. The third-order valence-electron chi connectivity index (χ3n) is 3.01. The summed E-state index contributed by atoms with van der Waals surface area (Å²) in [6.07, 6.45) is 1.19. The first-order valence-electron chi connectivity index (χ1n) is 5.54. The fraction of sp³-hybridized carbons (Fsp3) is 0.500. The number of phenolic OH excluding ortho intramolecular Hbond substituents is 1. The van der Waals surface area contributed by atoms with Crippen molar-refractivity contribution >= 4 is 28.3 Å². The molecule has 0 radical (unpaired) electrons. The van der Waals surface area contributed by atoms with Crippen LogP contribution in [0.15, 0.2) is 22.7 Å². The normalized spacial score (nSPS) is 20.2. The largest absolute Gasteiger partial charge is 0.508 e. The average Bonchev–Trinajstić information content (AvgIpc) is 2.66. The van der Waals surface area contributed by atoms with Gasteiger partial charge >= 0.3 is 0 Å². The van der Waals surface area contributed by atoms with Gasteiger partial charge in [0.05, 0.1) is 0 Å². The van der Waals surface area contributed by atoms with Crippen LogP contribution in [0.3, 0.4) is 0 Å². The first-order valence-corrected chi connectivity index (χ1v) is 6.34. The fourth-order valence-corrected chi connectivity index (χ4v) is 2.46. The van der Waals surface area contributed by atoms with Gasteiger partial charge in [-0.1, -0.05) is 15.9 Å². The summed E-state index contributed by atoms with van der Waals surface area (Å²) in [5.41, 5.74) is 0.948. The van der Waals surface area contributed by atoms with Gasteiger partial charge in [0, 0.05) is 29.2 Å². The van der Waals surface area contributed by atoms with Gasteiger partial charge in [0.15, 0.2) is 0 Å². The van der Waals surface area contributed by atoms with E-state index >= 15 is 0 Å². The van der Waals surface area contributed by atoms with Gasteiger partial charge in [-0.3, -0.25) is 0 Å². The highest BCUT2D eigenvalue weighted by Gasteiger charge is 2.18. The molecule has 0 aliphatic carbocycles. The predicted molar refractivity (Wildman–Crippen MR) is 75.8 cm³/mol. The van der Waals surface area contributed by atoms with Crippen molar-refractivity contribution < 1.29 is 5.11 Å². The molecule has 2 rings (SSSR count). The maximum absolute atomic E-state index is 9.69. The molecule has 0 bridgehead atoms. The van der Waals surface area contributed by atoms with E-state index in [2.05, 4.69) is 33.2 Å². The second kappa shape index (κ2) is 6.59. The molecule has 1 atom stereocenters. The Morgan fingerprint density at radius 2 is 2.29 bits per heavy atom. The van der Waals surface area contributed by atoms with Crippen molar-refractivity contribution in [2.24, 2.45) is 0 Å². The molecule has 96 valence electrons. The van der Waals surface area contributed by atoms with Gasteiger partial charge in [-0.15, -0.1) is 12.4 Å². The van der Waals surface area contributed by atoms with Gasteiger partial charge in [0.1, 0.15) is 5.75 Å². The summed E-state index contributed by atoms with van der Waals surface area (Å²) < 4.78 is 1.01. The van der Waals surface area contributed by atoms with Crippen molar-refractivity contribution in [1.29, 1.82) is 0 Å². The summed E-state index contributed by atoms with van der Waals surface area (Å²) >= 11 is 3.41. The van der Waals surface area contributed by atoms with E-state index in [4.69, 9.17) is 0 Å². The summed E-state index contributed by atoms with van der Waals surface area (Å²) in [4.78, 5) is 2.32. The molecule has 1 aliphatic rings. The van der Waals surface area contributed by atoms with E-state index in [0.29, 0.717) is 11.8 Å². The zero-order valence-electron chi connectivity index (χ0n) is 9.82. The lowest BCUT2D eigenvalue weighted by atomic mass is 10.2. The van der Waals surface area contributed by atoms with Crippen LogP contribution in [0.4, 0.5) is 0 Å². The molecule has 5 heteroatoms. The SMILES string of the molecule is CN1CCC(NCc2cc(Br)ccc2O)C1.Cl. The van der Waals surface area contributed by atoms with Gasteiger partial charge in [0.25, 0.3) is 0 Å². The Kier molecular flexibility index (Phi) is 5.73. The fourth-order valence-electron chi connectivity index (χ4n) is 2.05. The van der Waals surface area contributed by atoms with Crippen LogP contribution in [0.1, 0.15) is 12.0 Å². The molecule has 1 unspecified atom stereocenters. The zero-order valence-corrected chi connectivity index (χ0v) is 12.2. The van der Waals surface area contributed by atoms with Crippen LogP contribution in [0, 0.1) is 0 Å².